The molecule has 0 bridgehead atoms. The van der Waals surface area contributed by atoms with Crippen molar-refractivity contribution in [2.75, 3.05) is 19.8 Å². The molecule has 2 saturated carbocycles. The lowest BCUT2D eigenvalue weighted by Gasteiger charge is -2.26. The van der Waals surface area contributed by atoms with Gasteiger partial charge in [-0.15, -0.1) is 10.2 Å². The van der Waals surface area contributed by atoms with E-state index in [1.807, 2.05) is 6.20 Å². The Morgan fingerprint density at radius 2 is 2.14 bits per heavy atom. The van der Waals surface area contributed by atoms with Crippen LogP contribution in [0.2, 0.25) is 0 Å². The lowest BCUT2D eigenvalue weighted by atomic mass is 9.93. The highest BCUT2D eigenvalue weighted by molar-refractivity contribution is 5.74. The normalized spacial score (nSPS) is 25.0. The molecule has 7 nitrogen and oxygen atoms in total. The van der Waals surface area contributed by atoms with E-state index in [0.29, 0.717) is 12.0 Å². The molecule has 0 aromatic carbocycles. The van der Waals surface area contributed by atoms with Gasteiger partial charge in [-0.05, 0) is 50.1 Å². The Labute approximate surface area is 166 Å². The summed E-state index contributed by atoms with van der Waals surface area (Å²) in [6, 6.07) is 2.74. The van der Waals surface area contributed by atoms with Crippen molar-refractivity contribution < 1.29 is 6.16 Å². The minimum atomic E-state index is 0. The molecule has 28 heavy (non-hydrogen) atoms. The Kier molecular flexibility index (Phi) is 5.03. The molecule has 3 aliphatic rings. The first-order valence-electron chi connectivity index (χ1n) is 10.8. The summed E-state index contributed by atoms with van der Waals surface area (Å²) in [4.78, 5) is 7.53. The van der Waals surface area contributed by atoms with E-state index < -0.39 is 0 Å². The highest BCUT2D eigenvalue weighted by Crippen LogP contribution is 2.41. The van der Waals surface area contributed by atoms with E-state index in [-0.39, 0.29) is 1.43 Å². The van der Waals surface area contributed by atoms with Gasteiger partial charge in [0, 0.05) is 13.5 Å². The van der Waals surface area contributed by atoms with Gasteiger partial charge in [-0.2, -0.15) is 0 Å². The van der Waals surface area contributed by atoms with E-state index in [1.54, 1.807) is 6.20 Å². The number of H-pyrrole nitrogens is 1. The highest BCUT2D eigenvalue weighted by Gasteiger charge is 2.31. The molecule has 3 aromatic rings. The Hall–Kier alpha value is -1.99. The second-order valence-electron chi connectivity index (χ2n) is 8.51. The van der Waals surface area contributed by atoms with Crippen molar-refractivity contribution in [2.45, 2.75) is 57.4 Å². The van der Waals surface area contributed by atoms with Gasteiger partial charge in [-0.25, -0.2) is 4.98 Å². The summed E-state index contributed by atoms with van der Waals surface area (Å²) in [5.41, 5.74) is 2.84. The molecular formula is C21H32N6O. The zero-order valence-electron chi connectivity index (χ0n) is 16.6. The molecule has 152 valence electrons. The van der Waals surface area contributed by atoms with Crippen LogP contribution >= 0.6 is 0 Å². The van der Waals surface area contributed by atoms with Gasteiger partial charge in [-0.1, -0.05) is 19.8 Å². The van der Waals surface area contributed by atoms with Gasteiger partial charge in [0.25, 0.3) is 0 Å². The minimum Gasteiger partial charge on any atom is -0.378 e. The SMILES string of the molecule is C1CC1CNC1COC1.CC[C@@H]1CCCC1c1nnc2cnc3[nH]ccc3n12.[HH]. The summed E-state index contributed by atoms with van der Waals surface area (Å²) >= 11 is 0. The van der Waals surface area contributed by atoms with Gasteiger partial charge in [-0.3, -0.25) is 4.40 Å². The molecule has 7 heteroatoms. The number of nitrogens with zero attached hydrogens (tertiary/aromatic N) is 4. The number of fused-ring (bicyclic) bond motifs is 3. The fourth-order valence-electron chi connectivity index (χ4n) is 4.51. The molecule has 3 fully saturated rings. The molecule has 6 rings (SSSR count). The molecule has 2 atom stereocenters. The molecule has 0 amide bonds. The van der Waals surface area contributed by atoms with Gasteiger partial charge in [0.2, 0.25) is 0 Å². The monoisotopic (exact) mass is 384 g/mol. The maximum absolute atomic E-state index is 5.03. The predicted molar refractivity (Wildman–Crippen MR) is 110 cm³/mol. The Morgan fingerprint density at radius 3 is 2.89 bits per heavy atom. The molecule has 4 heterocycles. The highest BCUT2D eigenvalue weighted by atomic mass is 16.5. The third-order valence-electron chi connectivity index (χ3n) is 6.51. The van der Waals surface area contributed by atoms with Gasteiger partial charge < -0.3 is 15.0 Å². The van der Waals surface area contributed by atoms with Gasteiger partial charge >= 0.3 is 0 Å². The van der Waals surface area contributed by atoms with E-state index in [9.17, 15) is 0 Å². The van der Waals surface area contributed by atoms with E-state index in [0.717, 1.165) is 47.7 Å². The standard InChI is InChI=1S/C14H17N5.C7H13NO.H2/c1-2-9-4-3-5-10(9)14-18-17-12-8-16-13-11(19(12)14)6-7-15-13;1-2-6(1)3-8-7-4-9-5-7;/h6-10,15H,2-5H2,1H3;6-8H,1-5H2;1H/t9-,10?;;/m1../s1. The van der Waals surface area contributed by atoms with Crippen molar-refractivity contribution in [1.82, 2.24) is 29.9 Å². The quantitative estimate of drug-likeness (QED) is 0.703. The Morgan fingerprint density at radius 1 is 1.25 bits per heavy atom. The number of aromatic amines is 1. The molecule has 1 unspecified atom stereocenters. The smallest absolute Gasteiger partial charge is 0.179 e. The third kappa shape index (κ3) is 3.53. The van der Waals surface area contributed by atoms with Crippen molar-refractivity contribution >= 4 is 16.8 Å². The predicted octanol–water partition coefficient (Wildman–Crippen LogP) is 3.53. The van der Waals surface area contributed by atoms with Crippen molar-refractivity contribution in [3.8, 4) is 0 Å². The molecule has 1 aliphatic heterocycles. The first kappa shape index (κ1) is 18.1. The summed E-state index contributed by atoms with van der Waals surface area (Å²) in [6.45, 7) is 5.38. The average Bonchev–Trinajstić information content (AvgIpc) is 3.09. The topological polar surface area (TPSA) is 80.1 Å². The maximum Gasteiger partial charge on any atom is 0.179 e. The molecule has 2 aliphatic carbocycles. The summed E-state index contributed by atoms with van der Waals surface area (Å²) < 4.78 is 7.20. The van der Waals surface area contributed by atoms with Crippen molar-refractivity contribution in [3.63, 3.8) is 0 Å². The number of hydrogen-bond acceptors (Lipinski definition) is 5. The van der Waals surface area contributed by atoms with Crippen LogP contribution in [0.5, 0.6) is 0 Å². The fraction of sp³-hybridized carbons (Fsp3) is 0.667. The maximum atomic E-state index is 5.03. The van der Waals surface area contributed by atoms with Crippen LogP contribution in [0.25, 0.3) is 16.8 Å². The summed E-state index contributed by atoms with van der Waals surface area (Å²) in [7, 11) is 0. The van der Waals surface area contributed by atoms with Crippen LogP contribution in [0, 0.1) is 11.8 Å². The van der Waals surface area contributed by atoms with Crippen LogP contribution in [0.4, 0.5) is 0 Å². The summed E-state index contributed by atoms with van der Waals surface area (Å²) in [5, 5.41) is 12.2. The van der Waals surface area contributed by atoms with Crippen LogP contribution in [-0.4, -0.2) is 50.4 Å². The minimum absolute atomic E-state index is 0. The first-order valence-corrected chi connectivity index (χ1v) is 10.8. The first-order chi connectivity index (χ1) is 13.8. The molecule has 1 saturated heterocycles. The number of aromatic nitrogens is 5. The van der Waals surface area contributed by atoms with Crippen LogP contribution < -0.4 is 5.32 Å². The van der Waals surface area contributed by atoms with Gasteiger partial charge in [0.05, 0.1) is 31.0 Å². The fourth-order valence-corrected chi connectivity index (χ4v) is 4.51. The summed E-state index contributed by atoms with van der Waals surface area (Å²) in [6.07, 6.45) is 11.7. The molecule has 2 N–H and O–H groups in total. The molecule has 0 spiro atoms. The van der Waals surface area contributed by atoms with Crippen LogP contribution in [0.15, 0.2) is 18.5 Å². The molecule has 3 aromatic heterocycles. The average molecular weight is 385 g/mol. The van der Waals surface area contributed by atoms with E-state index >= 15 is 0 Å². The van der Waals surface area contributed by atoms with Crippen LogP contribution in [0.1, 0.15) is 58.6 Å². The zero-order chi connectivity index (χ0) is 18.9. The third-order valence-corrected chi connectivity index (χ3v) is 6.51. The van der Waals surface area contributed by atoms with E-state index in [1.165, 1.54) is 45.1 Å². The largest absolute Gasteiger partial charge is 0.378 e. The zero-order valence-corrected chi connectivity index (χ0v) is 16.6. The van der Waals surface area contributed by atoms with Crippen molar-refractivity contribution in [3.05, 3.63) is 24.3 Å². The Balaban J connectivity index is 0.000000173. The number of ether oxygens (including phenoxy) is 1. The molecular weight excluding hydrogens is 352 g/mol. The van der Waals surface area contributed by atoms with Gasteiger partial charge in [0.15, 0.2) is 11.3 Å². The van der Waals surface area contributed by atoms with Gasteiger partial charge in [0.1, 0.15) is 5.82 Å². The lowest BCUT2D eigenvalue weighted by molar-refractivity contribution is -0.00529. The Bertz CT molecular complexity index is 932. The number of hydrogen-bond donors (Lipinski definition) is 2. The van der Waals surface area contributed by atoms with Crippen molar-refractivity contribution in [2.24, 2.45) is 11.8 Å². The molecule has 0 radical (unpaired) electrons. The van der Waals surface area contributed by atoms with E-state index in [2.05, 4.69) is 42.9 Å². The number of nitrogens with one attached hydrogen (secondary N) is 2. The number of rotatable bonds is 5. The van der Waals surface area contributed by atoms with Crippen LogP contribution in [-0.2, 0) is 4.74 Å². The summed E-state index contributed by atoms with van der Waals surface area (Å²) in [5.74, 6) is 3.41. The lowest BCUT2D eigenvalue weighted by Crippen LogP contribution is -2.46. The second kappa shape index (κ2) is 7.79. The van der Waals surface area contributed by atoms with Crippen LogP contribution in [0.3, 0.4) is 0 Å². The second-order valence-corrected chi connectivity index (χ2v) is 8.51. The van der Waals surface area contributed by atoms with E-state index in [4.69, 9.17) is 4.74 Å². The van der Waals surface area contributed by atoms with Crippen molar-refractivity contribution in [1.29, 1.82) is 0 Å².